The number of likely N-dealkylation sites (N-methyl/N-ethyl adjacent to an activating group) is 1. The van der Waals surface area contributed by atoms with Gasteiger partial charge in [-0.25, -0.2) is 0 Å². The van der Waals surface area contributed by atoms with Crippen LogP contribution in [0.5, 0.6) is 0 Å². The quantitative estimate of drug-likeness (QED) is 0.736. The van der Waals surface area contributed by atoms with Gasteiger partial charge in [0, 0.05) is 38.5 Å². The van der Waals surface area contributed by atoms with E-state index in [2.05, 4.69) is 48.2 Å². The molecule has 116 valence electrons. The highest BCUT2D eigenvalue weighted by atomic mass is 16.5. The second-order valence-electron chi connectivity index (χ2n) is 6.00. The molecule has 0 unspecified atom stereocenters. The molecule has 1 aromatic heterocycles. The second kappa shape index (κ2) is 8.34. The zero-order chi connectivity index (χ0) is 15.0. The third-order valence-corrected chi connectivity index (χ3v) is 3.09. The molecule has 6 heteroatoms. The molecule has 0 aliphatic rings. The van der Waals surface area contributed by atoms with Gasteiger partial charge in [0.2, 0.25) is 0 Å². The Morgan fingerprint density at radius 2 is 2.10 bits per heavy atom. The molecule has 20 heavy (non-hydrogen) atoms. The Bertz CT molecular complexity index is 372. The van der Waals surface area contributed by atoms with Crippen LogP contribution < -0.4 is 5.32 Å². The Morgan fingerprint density at radius 3 is 2.70 bits per heavy atom. The molecular formula is C14H29N5O. The highest BCUT2D eigenvalue weighted by Gasteiger charge is 2.10. The Hall–Kier alpha value is -0.980. The van der Waals surface area contributed by atoms with E-state index in [0.29, 0.717) is 0 Å². The van der Waals surface area contributed by atoms with Gasteiger partial charge in [0.05, 0.1) is 18.8 Å². The van der Waals surface area contributed by atoms with Gasteiger partial charge < -0.3 is 10.1 Å². The van der Waals surface area contributed by atoms with Crippen molar-refractivity contribution in [1.29, 1.82) is 0 Å². The Kier molecular flexibility index (Phi) is 7.12. The number of hydrogen-bond donors (Lipinski definition) is 1. The summed E-state index contributed by atoms with van der Waals surface area (Å²) in [6, 6.07) is 0. The van der Waals surface area contributed by atoms with Crippen LogP contribution in [0.1, 0.15) is 33.4 Å². The van der Waals surface area contributed by atoms with Gasteiger partial charge in [-0.1, -0.05) is 12.1 Å². The van der Waals surface area contributed by atoms with Crippen molar-refractivity contribution in [2.45, 2.75) is 46.3 Å². The molecule has 0 saturated heterocycles. The molecule has 6 nitrogen and oxygen atoms in total. The maximum atomic E-state index is 5.11. The van der Waals surface area contributed by atoms with Crippen LogP contribution in [0, 0.1) is 0 Å². The molecule has 0 fully saturated rings. The summed E-state index contributed by atoms with van der Waals surface area (Å²) in [5.74, 6) is 0. The lowest BCUT2D eigenvalue weighted by atomic mass is 10.1. The summed E-state index contributed by atoms with van der Waals surface area (Å²) < 4.78 is 7.02. The Balaban J connectivity index is 2.35. The number of aromatic nitrogens is 3. The minimum atomic E-state index is 0.100. The first-order chi connectivity index (χ1) is 9.44. The van der Waals surface area contributed by atoms with Crippen LogP contribution in [0.25, 0.3) is 0 Å². The van der Waals surface area contributed by atoms with E-state index in [4.69, 9.17) is 4.74 Å². The SMILES string of the molecule is CCN(CCOC)CCn1cc(CNC(C)(C)C)nn1. The normalized spacial score (nSPS) is 12.3. The van der Waals surface area contributed by atoms with E-state index in [-0.39, 0.29) is 5.54 Å². The molecule has 1 N–H and O–H groups in total. The number of nitrogens with zero attached hydrogens (tertiary/aromatic N) is 4. The van der Waals surface area contributed by atoms with Crippen LogP contribution in [0.3, 0.4) is 0 Å². The average Bonchev–Trinajstić information content (AvgIpc) is 2.84. The van der Waals surface area contributed by atoms with Crippen molar-refractivity contribution in [3.05, 3.63) is 11.9 Å². The van der Waals surface area contributed by atoms with E-state index >= 15 is 0 Å². The third kappa shape index (κ3) is 6.98. The van der Waals surface area contributed by atoms with Gasteiger partial charge in [-0.15, -0.1) is 5.10 Å². The third-order valence-electron chi connectivity index (χ3n) is 3.09. The smallest absolute Gasteiger partial charge is 0.0965 e. The van der Waals surface area contributed by atoms with Crippen molar-refractivity contribution in [3.63, 3.8) is 0 Å². The van der Waals surface area contributed by atoms with Gasteiger partial charge >= 0.3 is 0 Å². The zero-order valence-corrected chi connectivity index (χ0v) is 13.5. The monoisotopic (exact) mass is 283 g/mol. The van der Waals surface area contributed by atoms with Crippen molar-refractivity contribution in [2.24, 2.45) is 0 Å². The highest BCUT2D eigenvalue weighted by Crippen LogP contribution is 2.01. The molecular weight excluding hydrogens is 254 g/mol. The topological polar surface area (TPSA) is 55.2 Å². The summed E-state index contributed by atoms with van der Waals surface area (Å²) >= 11 is 0. The van der Waals surface area contributed by atoms with E-state index in [9.17, 15) is 0 Å². The van der Waals surface area contributed by atoms with Crippen molar-refractivity contribution in [3.8, 4) is 0 Å². The molecule has 0 amide bonds. The van der Waals surface area contributed by atoms with Gasteiger partial charge in [-0.2, -0.15) is 0 Å². The van der Waals surface area contributed by atoms with Crippen LogP contribution in [-0.2, 0) is 17.8 Å². The fraction of sp³-hybridized carbons (Fsp3) is 0.857. The van der Waals surface area contributed by atoms with Crippen LogP contribution >= 0.6 is 0 Å². The summed E-state index contributed by atoms with van der Waals surface area (Å²) in [7, 11) is 1.74. The molecule has 0 bridgehead atoms. The van der Waals surface area contributed by atoms with E-state index in [1.54, 1.807) is 7.11 Å². The lowest BCUT2D eigenvalue weighted by molar-refractivity contribution is 0.147. The Morgan fingerprint density at radius 1 is 1.35 bits per heavy atom. The zero-order valence-electron chi connectivity index (χ0n) is 13.5. The van der Waals surface area contributed by atoms with Crippen molar-refractivity contribution >= 4 is 0 Å². The molecule has 0 spiro atoms. The summed E-state index contributed by atoms with van der Waals surface area (Å²) in [6.45, 7) is 13.9. The van der Waals surface area contributed by atoms with Crippen LogP contribution in [-0.4, -0.2) is 58.8 Å². The Labute approximate surface area is 122 Å². The van der Waals surface area contributed by atoms with E-state index in [0.717, 1.165) is 45.0 Å². The molecule has 0 atom stereocenters. The van der Waals surface area contributed by atoms with Gasteiger partial charge in [0.1, 0.15) is 0 Å². The first-order valence-corrected chi connectivity index (χ1v) is 7.30. The second-order valence-corrected chi connectivity index (χ2v) is 6.00. The van der Waals surface area contributed by atoms with Crippen LogP contribution in [0.4, 0.5) is 0 Å². The maximum Gasteiger partial charge on any atom is 0.0965 e. The van der Waals surface area contributed by atoms with E-state index in [1.807, 2.05) is 10.9 Å². The van der Waals surface area contributed by atoms with Crippen molar-refractivity contribution < 1.29 is 4.74 Å². The van der Waals surface area contributed by atoms with Gasteiger partial charge in [-0.05, 0) is 27.3 Å². The van der Waals surface area contributed by atoms with Crippen molar-refractivity contribution in [1.82, 2.24) is 25.2 Å². The number of ether oxygens (including phenoxy) is 1. The standard InChI is InChI=1S/C14H29N5O/c1-6-18(9-10-20-5)7-8-19-12-13(16-17-19)11-15-14(2,3)4/h12,15H,6-11H2,1-5H3. The lowest BCUT2D eigenvalue weighted by Gasteiger charge is -2.19. The predicted molar refractivity (Wildman–Crippen MR) is 80.6 cm³/mol. The lowest BCUT2D eigenvalue weighted by Crippen LogP contribution is -2.35. The number of hydrogen-bond acceptors (Lipinski definition) is 5. The maximum absolute atomic E-state index is 5.11. The van der Waals surface area contributed by atoms with Crippen LogP contribution in [0.2, 0.25) is 0 Å². The van der Waals surface area contributed by atoms with Gasteiger partial charge in [0.15, 0.2) is 0 Å². The molecule has 0 aliphatic heterocycles. The molecule has 1 aromatic rings. The summed E-state index contributed by atoms with van der Waals surface area (Å²) in [5.41, 5.74) is 1.09. The first-order valence-electron chi connectivity index (χ1n) is 7.30. The number of rotatable bonds is 9. The minimum absolute atomic E-state index is 0.100. The molecule has 0 radical (unpaired) electrons. The fourth-order valence-electron chi connectivity index (χ4n) is 1.78. The molecule has 0 aromatic carbocycles. The van der Waals surface area contributed by atoms with Crippen molar-refractivity contribution in [2.75, 3.05) is 33.4 Å². The van der Waals surface area contributed by atoms with E-state index < -0.39 is 0 Å². The van der Waals surface area contributed by atoms with Crippen LogP contribution in [0.15, 0.2) is 6.20 Å². The number of nitrogens with one attached hydrogen (secondary N) is 1. The van der Waals surface area contributed by atoms with E-state index in [1.165, 1.54) is 0 Å². The molecule has 1 rings (SSSR count). The summed E-state index contributed by atoms with van der Waals surface area (Å²) in [5, 5.41) is 11.8. The highest BCUT2D eigenvalue weighted by molar-refractivity contribution is 4.93. The molecule has 1 heterocycles. The molecule has 0 aliphatic carbocycles. The predicted octanol–water partition coefficient (Wildman–Crippen LogP) is 1.13. The average molecular weight is 283 g/mol. The fourth-order valence-corrected chi connectivity index (χ4v) is 1.78. The number of methoxy groups -OCH3 is 1. The summed E-state index contributed by atoms with van der Waals surface area (Å²) in [6.07, 6.45) is 2.02. The van der Waals surface area contributed by atoms with Gasteiger partial charge in [0.25, 0.3) is 0 Å². The largest absolute Gasteiger partial charge is 0.383 e. The first kappa shape index (κ1) is 17.1. The molecule has 0 saturated carbocycles. The van der Waals surface area contributed by atoms with Gasteiger partial charge in [-0.3, -0.25) is 9.58 Å². The minimum Gasteiger partial charge on any atom is -0.383 e. The summed E-state index contributed by atoms with van der Waals surface area (Å²) in [4.78, 5) is 2.35.